The molecule has 3 nitrogen and oxygen atoms in total. The molecule has 0 aromatic carbocycles. The summed E-state index contributed by atoms with van der Waals surface area (Å²) in [5, 5.41) is 2.70. The van der Waals surface area contributed by atoms with Crippen LogP contribution in [0.5, 0.6) is 0 Å². The molecule has 14 heavy (non-hydrogen) atoms. The van der Waals surface area contributed by atoms with Gasteiger partial charge in [-0.3, -0.25) is 4.79 Å². The summed E-state index contributed by atoms with van der Waals surface area (Å²) in [4.78, 5) is 15.4. The molecule has 1 heterocycles. The van der Waals surface area contributed by atoms with E-state index in [1.807, 2.05) is 19.1 Å². The van der Waals surface area contributed by atoms with Crippen LogP contribution in [-0.4, -0.2) is 16.8 Å². The Bertz CT molecular complexity index is 328. The van der Waals surface area contributed by atoms with Gasteiger partial charge in [0.25, 0.3) is 0 Å². The van der Waals surface area contributed by atoms with E-state index in [-0.39, 0.29) is 11.8 Å². The quantitative estimate of drug-likeness (QED) is 0.781. The number of hydrogen-bond donors (Lipinski definition) is 1. The summed E-state index contributed by atoms with van der Waals surface area (Å²) in [6.07, 6.45) is 1.66. The minimum Gasteiger partial charge on any atom is -0.310 e. The molecule has 1 aromatic rings. The lowest BCUT2D eigenvalue weighted by Crippen LogP contribution is -2.21. The normalized spacial score (nSPS) is 12.2. The van der Waals surface area contributed by atoms with Crippen molar-refractivity contribution in [2.45, 2.75) is 13.8 Å². The van der Waals surface area contributed by atoms with E-state index in [1.54, 1.807) is 13.1 Å². The molecule has 1 unspecified atom stereocenters. The molecule has 0 spiro atoms. The first kappa shape index (κ1) is 11.0. The van der Waals surface area contributed by atoms with Gasteiger partial charge in [-0.15, -0.1) is 11.6 Å². The van der Waals surface area contributed by atoms with Crippen LogP contribution in [0.2, 0.25) is 0 Å². The second kappa shape index (κ2) is 4.96. The average molecular weight is 213 g/mol. The summed E-state index contributed by atoms with van der Waals surface area (Å²) in [5.41, 5.74) is 1.06. The molecule has 1 rings (SSSR count). The van der Waals surface area contributed by atoms with Crippen LogP contribution < -0.4 is 5.32 Å². The summed E-state index contributed by atoms with van der Waals surface area (Å²) in [6, 6.07) is 3.69. The Kier molecular flexibility index (Phi) is 3.89. The van der Waals surface area contributed by atoms with Crippen molar-refractivity contribution >= 4 is 23.3 Å². The highest BCUT2D eigenvalue weighted by atomic mass is 35.5. The fourth-order valence-electron chi connectivity index (χ4n) is 0.924. The maximum Gasteiger partial charge on any atom is 0.229 e. The van der Waals surface area contributed by atoms with Gasteiger partial charge in [0.15, 0.2) is 0 Å². The topological polar surface area (TPSA) is 42.0 Å². The van der Waals surface area contributed by atoms with Crippen LogP contribution in [-0.2, 0) is 4.79 Å². The SMILES string of the molecule is Cc1ccnc(NC(=O)C(C)CCl)c1. The molecule has 1 N–H and O–H groups in total. The van der Waals surface area contributed by atoms with E-state index in [0.29, 0.717) is 11.7 Å². The van der Waals surface area contributed by atoms with E-state index in [4.69, 9.17) is 11.6 Å². The first-order valence-electron chi connectivity index (χ1n) is 4.43. The minimum atomic E-state index is -0.195. The third-order valence-electron chi connectivity index (χ3n) is 1.85. The number of alkyl halides is 1. The van der Waals surface area contributed by atoms with Gasteiger partial charge in [-0.05, 0) is 24.6 Å². The van der Waals surface area contributed by atoms with Crippen LogP contribution >= 0.6 is 11.6 Å². The Morgan fingerprint density at radius 3 is 3.00 bits per heavy atom. The van der Waals surface area contributed by atoms with Crippen LogP contribution in [0, 0.1) is 12.8 Å². The van der Waals surface area contributed by atoms with Gasteiger partial charge in [-0.2, -0.15) is 0 Å². The molecule has 1 amide bonds. The number of nitrogens with zero attached hydrogens (tertiary/aromatic N) is 1. The van der Waals surface area contributed by atoms with Gasteiger partial charge in [0.2, 0.25) is 5.91 Å². The average Bonchev–Trinajstić information content (AvgIpc) is 2.16. The highest BCUT2D eigenvalue weighted by Crippen LogP contribution is 2.08. The van der Waals surface area contributed by atoms with Gasteiger partial charge in [0.05, 0.1) is 0 Å². The summed E-state index contributed by atoms with van der Waals surface area (Å²) < 4.78 is 0. The van der Waals surface area contributed by atoms with Gasteiger partial charge in [0, 0.05) is 18.0 Å². The van der Waals surface area contributed by atoms with Crippen molar-refractivity contribution in [3.8, 4) is 0 Å². The molecule has 0 aliphatic rings. The smallest absolute Gasteiger partial charge is 0.229 e. The van der Waals surface area contributed by atoms with Crippen molar-refractivity contribution in [2.24, 2.45) is 5.92 Å². The Balaban J connectivity index is 2.65. The minimum absolute atomic E-state index is 0.0990. The lowest BCUT2D eigenvalue weighted by molar-refractivity contribution is -0.118. The fraction of sp³-hybridized carbons (Fsp3) is 0.400. The molecular formula is C10H13ClN2O. The van der Waals surface area contributed by atoms with Crippen molar-refractivity contribution in [3.05, 3.63) is 23.9 Å². The number of amides is 1. The maximum atomic E-state index is 11.4. The summed E-state index contributed by atoms with van der Waals surface area (Å²) in [7, 11) is 0. The Morgan fingerprint density at radius 1 is 1.71 bits per heavy atom. The van der Waals surface area contributed by atoms with E-state index in [9.17, 15) is 4.79 Å². The highest BCUT2D eigenvalue weighted by Gasteiger charge is 2.11. The number of halogens is 1. The van der Waals surface area contributed by atoms with E-state index >= 15 is 0 Å². The van der Waals surface area contributed by atoms with Crippen molar-refractivity contribution in [2.75, 3.05) is 11.2 Å². The first-order chi connectivity index (χ1) is 6.63. The number of nitrogens with one attached hydrogen (secondary N) is 1. The molecule has 0 fully saturated rings. The van der Waals surface area contributed by atoms with Crippen LogP contribution in [0.1, 0.15) is 12.5 Å². The lowest BCUT2D eigenvalue weighted by Gasteiger charge is -2.08. The zero-order valence-electron chi connectivity index (χ0n) is 8.25. The van der Waals surface area contributed by atoms with E-state index in [0.717, 1.165) is 5.56 Å². The molecule has 0 radical (unpaired) electrons. The Hall–Kier alpha value is -1.09. The number of anilines is 1. The Morgan fingerprint density at radius 2 is 2.43 bits per heavy atom. The molecule has 76 valence electrons. The number of aromatic nitrogens is 1. The predicted molar refractivity (Wildman–Crippen MR) is 57.5 cm³/mol. The molecule has 0 bridgehead atoms. The Labute approximate surface area is 88.5 Å². The zero-order chi connectivity index (χ0) is 10.6. The van der Waals surface area contributed by atoms with E-state index < -0.39 is 0 Å². The molecule has 0 aliphatic heterocycles. The third kappa shape index (κ3) is 3.00. The molecule has 0 aliphatic carbocycles. The van der Waals surface area contributed by atoms with Crippen LogP contribution in [0.15, 0.2) is 18.3 Å². The first-order valence-corrected chi connectivity index (χ1v) is 4.96. The molecule has 0 saturated carbocycles. The predicted octanol–water partition coefficient (Wildman–Crippen LogP) is 2.20. The van der Waals surface area contributed by atoms with Crippen molar-refractivity contribution in [1.29, 1.82) is 0 Å². The number of hydrogen-bond acceptors (Lipinski definition) is 2. The summed E-state index contributed by atoms with van der Waals surface area (Å²) in [6.45, 7) is 3.72. The maximum absolute atomic E-state index is 11.4. The van der Waals surface area contributed by atoms with Crippen molar-refractivity contribution in [3.63, 3.8) is 0 Å². The van der Waals surface area contributed by atoms with Crippen molar-refractivity contribution in [1.82, 2.24) is 4.98 Å². The van der Waals surface area contributed by atoms with E-state index in [1.165, 1.54) is 0 Å². The van der Waals surface area contributed by atoms with Gasteiger partial charge >= 0.3 is 0 Å². The number of aryl methyl sites for hydroxylation is 1. The summed E-state index contributed by atoms with van der Waals surface area (Å²) >= 11 is 5.56. The van der Waals surface area contributed by atoms with Crippen LogP contribution in [0.4, 0.5) is 5.82 Å². The highest BCUT2D eigenvalue weighted by molar-refractivity contribution is 6.19. The molecule has 1 aromatic heterocycles. The zero-order valence-corrected chi connectivity index (χ0v) is 9.01. The van der Waals surface area contributed by atoms with E-state index in [2.05, 4.69) is 10.3 Å². The summed E-state index contributed by atoms with van der Waals surface area (Å²) in [5.74, 6) is 0.599. The van der Waals surface area contributed by atoms with Crippen molar-refractivity contribution < 1.29 is 4.79 Å². The number of carbonyl (C=O) groups is 1. The molecule has 1 atom stereocenters. The van der Waals surface area contributed by atoms with Gasteiger partial charge in [0.1, 0.15) is 5.82 Å². The lowest BCUT2D eigenvalue weighted by atomic mass is 10.2. The second-order valence-corrected chi connectivity index (χ2v) is 3.57. The van der Waals surface area contributed by atoms with Crippen LogP contribution in [0.3, 0.4) is 0 Å². The standard InChI is InChI=1S/C10H13ClN2O/c1-7-3-4-12-9(5-7)13-10(14)8(2)6-11/h3-5,8H,6H2,1-2H3,(H,12,13,14). The van der Waals surface area contributed by atoms with Crippen LogP contribution in [0.25, 0.3) is 0 Å². The third-order valence-corrected chi connectivity index (χ3v) is 2.31. The largest absolute Gasteiger partial charge is 0.310 e. The van der Waals surface area contributed by atoms with Gasteiger partial charge in [-0.25, -0.2) is 4.98 Å². The number of carbonyl (C=O) groups excluding carboxylic acids is 1. The van der Waals surface area contributed by atoms with Gasteiger partial charge < -0.3 is 5.32 Å². The molecule has 0 saturated heterocycles. The number of pyridine rings is 1. The molecular weight excluding hydrogens is 200 g/mol. The molecule has 4 heteroatoms. The monoisotopic (exact) mass is 212 g/mol. The fourth-order valence-corrected chi connectivity index (χ4v) is 1.06. The number of rotatable bonds is 3. The second-order valence-electron chi connectivity index (χ2n) is 3.26. The van der Waals surface area contributed by atoms with Gasteiger partial charge in [-0.1, -0.05) is 6.92 Å².